The lowest BCUT2D eigenvalue weighted by atomic mass is 10.1. The van der Waals surface area contributed by atoms with Crippen molar-refractivity contribution in [2.75, 3.05) is 0 Å². The summed E-state index contributed by atoms with van der Waals surface area (Å²) in [7, 11) is 1.78. The van der Waals surface area contributed by atoms with Gasteiger partial charge in [0.1, 0.15) is 0 Å². The molecular weight excluding hydrogens is 373 g/mol. The summed E-state index contributed by atoms with van der Waals surface area (Å²) in [5.41, 5.74) is -0.0447. The van der Waals surface area contributed by atoms with Crippen molar-refractivity contribution in [2.45, 2.75) is 6.18 Å². The molecule has 27 heavy (non-hydrogen) atoms. The monoisotopic (exact) mass is 386 g/mol. The SMILES string of the molecule is Cn1c(=NC(=O)c2cccc(C(F)(F)F)c2)sc2c3ccccc3ccc21. The lowest BCUT2D eigenvalue weighted by molar-refractivity contribution is -0.137. The Bertz CT molecular complexity index is 1250. The fourth-order valence-corrected chi connectivity index (χ4v) is 4.10. The third-order valence-corrected chi connectivity index (χ3v) is 5.52. The highest BCUT2D eigenvalue weighted by atomic mass is 32.1. The summed E-state index contributed by atoms with van der Waals surface area (Å²) in [6.45, 7) is 0. The predicted octanol–water partition coefficient (Wildman–Crippen LogP) is 5.15. The largest absolute Gasteiger partial charge is 0.416 e. The normalized spacial score (nSPS) is 12.8. The molecule has 1 heterocycles. The van der Waals surface area contributed by atoms with E-state index in [0.29, 0.717) is 4.80 Å². The van der Waals surface area contributed by atoms with Gasteiger partial charge in [0.15, 0.2) is 4.80 Å². The standard InChI is InChI=1S/C20H13F3N2OS/c1-25-16-10-9-12-5-2-3-8-15(12)17(16)27-19(25)24-18(26)13-6-4-7-14(11-13)20(21,22)23/h2-11H,1H3. The number of nitrogens with zero attached hydrogens (tertiary/aromatic N) is 2. The molecule has 4 aromatic rings. The Morgan fingerprint density at radius 3 is 2.59 bits per heavy atom. The van der Waals surface area contributed by atoms with Gasteiger partial charge in [0.2, 0.25) is 0 Å². The van der Waals surface area contributed by atoms with Crippen molar-refractivity contribution in [3.05, 3.63) is 76.6 Å². The van der Waals surface area contributed by atoms with E-state index in [4.69, 9.17) is 0 Å². The van der Waals surface area contributed by atoms with E-state index in [-0.39, 0.29) is 5.56 Å². The molecule has 136 valence electrons. The summed E-state index contributed by atoms with van der Waals surface area (Å²) in [6, 6.07) is 16.1. The fraction of sp³-hybridized carbons (Fsp3) is 0.100. The maximum absolute atomic E-state index is 12.9. The minimum Gasteiger partial charge on any atom is -0.319 e. The molecule has 0 saturated carbocycles. The van der Waals surface area contributed by atoms with Gasteiger partial charge in [-0.15, -0.1) is 0 Å². The van der Waals surface area contributed by atoms with Crippen LogP contribution in [0.5, 0.6) is 0 Å². The van der Waals surface area contributed by atoms with Crippen molar-refractivity contribution in [1.82, 2.24) is 4.57 Å². The van der Waals surface area contributed by atoms with Crippen LogP contribution in [0.1, 0.15) is 15.9 Å². The van der Waals surface area contributed by atoms with Crippen molar-refractivity contribution in [3.63, 3.8) is 0 Å². The van der Waals surface area contributed by atoms with Crippen molar-refractivity contribution < 1.29 is 18.0 Å². The number of carbonyl (C=O) groups excluding carboxylic acids is 1. The summed E-state index contributed by atoms with van der Waals surface area (Å²) in [5, 5.41) is 2.12. The second-order valence-electron chi connectivity index (χ2n) is 6.07. The number of hydrogen-bond donors (Lipinski definition) is 0. The van der Waals surface area contributed by atoms with Gasteiger partial charge < -0.3 is 4.57 Å². The van der Waals surface area contributed by atoms with Crippen molar-refractivity contribution in [3.8, 4) is 0 Å². The zero-order valence-corrected chi connectivity index (χ0v) is 14.9. The van der Waals surface area contributed by atoms with E-state index in [0.717, 1.165) is 33.1 Å². The topological polar surface area (TPSA) is 34.4 Å². The lowest BCUT2D eigenvalue weighted by Crippen LogP contribution is -2.14. The average Bonchev–Trinajstić information content (AvgIpc) is 2.97. The maximum atomic E-state index is 12.9. The molecule has 1 aromatic heterocycles. The fourth-order valence-electron chi connectivity index (χ4n) is 2.94. The van der Waals surface area contributed by atoms with Crippen LogP contribution in [0.4, 0.5) is 13.2 Å². The van der Waals surface area contributed by atoms with Crippen LogP contribution in [0.15, 0.2) is 65.7 Å². The lowest BCUT2D eigenvalue weighted by Gasteiger charge is -2.06. The van der Waals surface area contributed by atoms with Crippen LogP contribution >= 0.6 is 11.3 Å². The zero-order valence-electron chi connectivity index (χ0n) is 14.1. The van der Waals surface area contributed by atoms with Gasteiger partial charge in [0.05, 0.1) is 15.8 Å². The van der Waals surface area contributed by atoms with E-state index in [1.807, 2.05) is 36.4 Å². The molecule has 0 aliphatic heterocycles. The molecule has 0 radical (unpaired) electrons. The Labute approximate surface area is 156 Å². The number of aryl methyl sites for hydroxylation is 1. The van der Waals surface area contributed by atoms with Crippen LogP contribution in [0, 0.1) is 0 Å². The third-order valence-electron chi connectivity index (χ3n) is 4.33. The van der Waals surface area contributed by atoms with E-state index in [2.05, 4.69) is 4.99 Å². The van der Waals surface area contributed by atoms with Crippen LogP contribution in [0.3, 0.4) is 0 Å². The summed E-state index contributed by atoms with van der Waals surface area (Å²) >= 11 is 1.34. The molecule has 0 fully saturated rings. The smallest absolute Gasteiger partial charge is 0.319 e. The number of thiazole rings is 1. The minimum absolute atomic E-state index is 0.0906. The molecule has 0 bridgehead atoms. The first kappa shape index (κ1) is 17.5. The summed E-state index contributed by atoms with van der Waals surface area (Å²) < 4.78 is 41.4. The van der Waals surface area contributed by atoms with Gasteiger partial charge in [-0.3, -0.25) is 4.79 Å². The maximum Gasteiger partial charge on any atom is 0.416 e. The molecule has 3 nitrogen and oxygen atoms in total. The van der Waals surface area contributed by atoms with E-state index >= 15 is 0 Å². The molecule has 0 aliphatic rings. The molecule has 7 heteroatoms. The molecular formula is C20H13F3N2OS. The third kappa shape index (κ3) is 3.14. The van der Waals surface area contributed by atoms with Crippen molar-refractivity contribution >= 4 is 38.2 Å². The molecule has 0 N–H and O–H groups in total. The molecule has 0 spiro atoms. The number of rotatable bonds is 1. The minimum atomic E-state index is -4.50. The van der Waals surface area contributed by atoms with E-state index in [9.17, 15) is 18.0 Å². The summed E-state index contributed by atoms with van der Waals surface area (Å²) in [6.07, 6.45) is -4.50. The van der Waals surface area contributed by atoms with Crippen LogP contribution in [0.25, 0.3) is 21.0 Å². The van der Waals surface area contributed by atoms with Gasteiger partial charge in [-0.25, -0.2) is 0 Å². The number of alkyl halides is 3. The summed E-state index contributed by atoms with van der Waals surface area (Å²) in [4.78, 5) is 17.0. The number of carbonyl (C=O) groups is 1. The number of aromatic nitrogens is 1. The molecule has 0 aliphatic carbocycles. The summed E-state index contributed by atoms with van der Waals surface area (Å²) in [5.74, 6) is -0.701. The second kappa shape index (κ2) is 6.35. The number of halogens is 3. The molecule has 0 atom stereocenters. The number of amides is 1. The Balaban J connectivity index is 1.85. The highest BCUT2D eigenvalue weighted by Crippen LogP contribution is 2.30. The van der Waals surface area contributed by atoms with Crippen LogP contribution in [-0.4, -0.2) is 10.5 Å². The number of hydrogen-bond acceptors (Lipinski definition) is 2. The van der Waals surface area contributed by atoms with E-state index < -0.39 is 17.6 Å². The van der Waals surface area contributed by atoms with Gasteiger partial charge in [-0.1, -0.05) is 47.7 Å². The van der Waals surface area contributed by atoms with Crippen LogP contribution in [0.2, 0.25) is 0 Å². The Kier molecular flexibility index (Phi) is 4.11. The van der Waals surface area contributed by atoms with Crippen molar-refractivity contribution in [1.29, 1.82) is 0 Å². The van der Waals surface area contributed by atoms with Gasteiger partial charge in [-0.05, 0) is 29.7 Å². The highest BCUT2D eigenvalue weighted by molar-refractivity contribution is 7.17. The quantitative estimate of drug-likeness (QED) is 0.445. The second-order valence-corrected chi connectivity index (χ2v) is 7.05. The first-order valence-corrected chi connectivity index (χ1v) is 8.90. The highest BCUT2D eigenvalue weighted by Gasteiger charge is 2.30. The Morgan fingerprint density at radius 1 is 1.04 bits per heavy atom. The molecule has 0 saturated heterocycles. The van der Waals surface area contributed by atoms with Gasteiger partial charge in [0.25, 0.3) is 5.91 Å². The first-order valence-electron chi connectivity index (χ1n) is 8.08. The van der Waals surface area contributed by atoms with Crippen LogP contribution < -0.4 is 4.80 Å². The van der Waals surface area contributed by atoms with Crippen molar-refractivity contribution in [2.24, 2.45) is 12.0 Å². The van der Waals surface area contributed by atoms with Gasteiger partial charge >= 0.3 is 6.18 Å². The Morgan fingerprint density at radius 2 is 1.81 bits per heavy atom. The van der Waals surface area contributed by atoms with Gasteiger partial charge in [-0.2, -0.15) is 18.2 Å². The number of fused-ring (bicyclic) bond motifs is 3. The Hall–Kier alpha value is -2.93. The molecule has 1 amide bonds. The molecule has 4 rings (SSSR count). The molecule has 0 unspecified atom stereocenters. The number of benzene rings is 3. The average molecular weight is 386 g/mol. The zero-order chi connectivity index (χ0) is 19.2. The molecule has 3 aromatic carbocycles. The first-order chi connectivity index (χ1) is 12.8. The van der Waals surface area contributed by atoms with E-state index in [1.165, 1.54) is 23.5 Å². The predicted molar refractivity (Wildman–Crippen MR) is 99.6 cm³/mol. The van der Waals surface area contributed by atoms with E-state index in [1.54, 1.807) is 11.6 Å². The van der Waals surface area contributed by atoms with Crippen LogP contribution in [-0.2, 0) is 13.2 Å². The van der Waals surface area contributed by atoms with Gasteiger partial charge in [0, 0.05) is 18.0 Å².